The maximum absolute atomic E-state index is 6.61. The highest BCUT2D eigenvalue weighted by Gasteiger charge is 2.27. The molecule has 0 saturated heterocycles. The van der Waals surface area contributed by atoms with Crippen LogP contribution in [0.3, 0.4) is 0 Å². The molecule has 0 amide bonds. The largest absolute Gasteiger partial charge is 0.373 e. The van der Waals surface area contributed by atoms with Gasteiger partial charge in [-0.3, -0.25) is 0 Å². The summed E-state index contributed by atoms with van der Waals surface area (Å²) in [6.07, 6.45) is 49.8. The smallest absolute Gasteiger partial charge is 0.0657 e. The van der Waals surface area contributed by atoms with E-state index in [4.69, 9.17) is 4.74 Å². The lowest BCUT2D eigenvalue weighted by molar-refractivity contribution is 0.193. The normalized spacial score (nSPS) is 27.4. The minimum absolute atomic E-state index is 0.661. The van der Waals surface area contributed by atoms with Gasteiger partial charge in [-0.2, -0.15) is 0 Å². The Morgan fingerprint density at radius 1 is 0.381 bits per heavy atom. The minimum atomic E-state index is 0.661. The van der Waals surface area contributed by atoms with Crippen LogP contribution in [0.1, 0.15) is 243 Å². The summed E-state index contributed by atoms with van der Waals surface area (Å²) in [5.41, 5.74) is 9.10. The van der Waals surface area contributed by atoms with Gasteiger partial charge in [-0.15, -0.1) is 0 Å². The van der Waals surface area contributed by atoms with E-state index in [0.29, 0.717) is 25.0 Å². The van der Waals surface area contributed by atoms with Crippen LogP contribution in [-0.4, -0.2) is 13.2 Å². The first-order chi connectivity index (χ1) is 31.0. The highest BCUT2D eigenvalue weighted by molar-refractivity contribution is 5.69. The van der Waals surface area contributed by atoms with Crippen LogP contribution < -0.4 is 0 Å². The molecule has 1 nitrogen and oxygen atoms in total. The van der Waals surface area contributed by atoms with Gasteiger partial charge in [-0.1, -0.05) is 217 Å². The molecule has 0 radical (unpaired) electrons. The van der Waals surface area contributed by atoms with Gasteiger partial charge in [0.2, 0.25) is 0 Å². The molecular formula is C62H98O. The van der Waals surface area contributed by atoms with Gasteiger partial charge in [0.15, 0.2) is 0 Å². The van der Waals surface area contributed by atoms with E-state index in [9.17, 15) is 0 Å². The second kappa shape index (κ2) is 28.8. The van der Waals surface area contributed by atoms with Crippen molar-refractivity contribution in [2.45, 2.75) is 233 Å². The van der Waals surface area contributed by atoms with Crippen LogP contribution >= 0.6 is 0 Å². The van der Waals surface area contributed by atoms with E-state index in [-0.39, 0.29) is 0 Å². The molecule has 4 aliphatic carbocycles. The molecule has 4 fully saturated rings. The maximum Gasteiger partial charge on any atom is 0.0657 e. The molecule has 0 N–H and O–H groups in total. The van der Waals surface area contributed by atoms with Crippen LogP contribution in [-0.2, 0) is 17.6 Å². The average molecular weight is 859 g/mol. The Labute approximate surface area is 390 Å². The molecule has 0 atom stereocenters. The lowest BCUT2D eigenvalue weighted by Gasteiger charge is -2.31. The molecule has 352 valence electrons. The lowest BCUT2D eigenvalue weighted by atomic mass is 9.75. The van der Waals surface area contributed by atoms with E-state index in [2.05, 4.69) is 88.4 Å². The van der Waals surface area contributed by atoms with Crippen LogP contribution in [0.4, 0.5) is 0 Å². The summed E-state index contributed by atoms with van der Waals surface area (Å²) < 4.78 is 6.61. The molecule has 0 unspecified atom stereocenters. The summed E-state index contributed by atoms with van der Waals surface area (Å²) in [6, 6.07) is 19.8. The van der Waals surface area contributed by atoms with E-state index in [1.807, 2.05) is 0 Å². The zero-order valence-electron chi connectivity index (χ0n) is 41.8. The van der Waals surface area contributed by atoms with Crippen LogP contribution in [0.2, 0.25) is 0 Å². The lowest BCUT2D eigenvalue weighted by Crippen LogP contribution is -2.17. The van der Waals surface area contributed by atoms with E-state index >= 15 is 0 Å². The number of benzene rings is 2. The second-order valence-corrected chi connectivity index (χ2v) is 22.1. The van der Waals surface area contributed by atoms with E-state index < -0.39 is 0 Å². The van der Waals surface area contributed by atoms with E-state index in [1.165, 1.54) is 228 Å². The van der Waals surface area contributed by atoms with Gasteiger partial charge in [-0.25, -0.2) is 0 Å². The molecule has 0 bridgehead atoms. The number of rotatable bonds is 26. The monoisotopic (exact) mass is 859 g/mol. The highest BCUT2D eigenvalue weighted by atomic mass is 16.5. The third-order valence-corrected chi connectivity index (χ3v) is 17.4. The number of unbranched alkanes of at least 4 members (excludes halogenated alkanes) is 4. The first kappa shape index (κ1) is 50.3. The van der Waals surface area contributed by atoms with Gasteiger partial charge in [-0.05, 0) is 158 Å². The Bertz CT molecular complexity index is 1410. The summed E-state index contributed by atoms with van der Waals surface area (Å²) in [5.74, 6) is 7.08. The highest BCUT2D eigenvalue weighted by Crippen LogP contribution is 2.42. The number of allylic oxidation sites excluding steroid dienone is 2. The molecule has 0 heterocycles. The van der Waals surface area contributed by atoms with Crippen molar-refractivity contribution in [1.29, 1.82) is 0 Å². The molecule has 0 spiro atoms. The van der Waals surface area contributed by atoms with Gasteiger partial charge >= 0.3 is 0 Å². The molecule has 6 rings (SSSR count). The first-order valence-electron chi connectivity index (χ1n) is 28.2. The van der Waals surface area contributed by atoms with Crippen molar-refractivity contribution < 1.29 is 4.74 Å². The molecule has 2 aromatic rings. The van der Waals surface area contributed by atoms with Gasteiger partial charge in [0.1, 0.15) is 0 Å². The van der Waals surface area contributed by atoms with Crippen molar-refractivity contribution in [3.63, 3.8) is 0 Å². The van der Waals surface area contributed by atoms with Crippen molar-refractivity contribution in [3.05, 3.63) is 82.9 Å². The Morgan fingerprint density at radius 2 is 0.698 bits per heavy atom. The van der Waals surface area contributed by atoms with Crippen molar-refractivity contribution in [2.24, 2.45) is 47.3 Å². The topological polar surface area (TPSA) is 9.23 Å². The fourth-order valence-corrected chi connectivity index (χ4v) is 13.2. The third-order valence-electron chi connectivity index (χ3n) is 17.4. The SMILES string of the molecule is CCCCCC1CCC(CCc2ccc(C(=CCOCC=C(c3ccc(CCC4CCC(CCCCC)CC4)cc3)C3CCC(CCC)CC3)C3CCC(CCC)CC3)cc2)CC1. The standard InChI is InChI=1S/C62H98O/c1-5-9-11-15-51-17-21-53(22-18-51)25-27-55-33-41-59(42-34-55)61(57-37-29-49(13-7-3)30-38-57)45-47-63-48-46-62(58-39-31-50(14-8-4)32-40-58)60-43-35-56(36-44-60)28-26-54-23-19-52(20-24-54)16-12-10-6-2/h33-36,41-46,49-54,57-58H,5-32,37-40,47-48H2,1-4H3. The van der Waals surface area contributed by atoms with Gasteiger partial charge < -0.3 is 4.74 Å². The van der Waals surface area contributed by atoms with Crippen LogP contribution in [0.15, 0.2) is 60.7 Å². The molecule has 0 aliphatic heterocycles. The maximum atomic E-state index is 6.61. The van der Waals surface area contributed by atoms with Crippen molar-refractivity contribution in [2.75, 3.05) is 13.2 Å². The predicted molar refractivity (Wildman–Crippen MR) is 276 cm³/mol. The zero-order valence-corrected chi connectivity index (χ0v) is 41.8. The zero-order chi connectivity index (χ0) is 43.9. The molecule has 4 aliphatic rings. The molecule has 63 heavy (non-hydrogen) atoms. The Morgan fingerprint density at radius 3 is 1.03 bits per heavy atom. The Balaban J connectivity index is 1.05. The van der Waals surface area contributed by atoms with Crippen molar-refractivity contribution >= 4 is 11.1 Å². The quantitative estimate of drug-likeness (QED) is 0.0857. The minimum Gasteiger partial charge on any atom is -0.373 e. The van der Waals surface area contributed by atoms with Crippen molar-refractivity contribution in [1.82, 2.24) is 0 Å². The fourth-order valence-electron chi connectivity index (χ4n) is 13.2. The fraction of sp³-hybridized carbons (Fsp3) is 0.742. The van der Waals surface area contributed by atoms with Crippen LogP contribution in [0, 0.1) is 47.3 Å². The predicted octanol–water partition coefficient (Wildman–Crippen LogP) is 19.0. The Kier molecular flexibility index (Phi) is 23.0. The number of ether oxygens (including phenoxy) is 1. The molecule has 1 heteroatoms. The molecule has 4 saturated carbocycles. The van der Waals surface area contributed by atoms with E-state index in [1.54, 1.807) is 11.1 Å². The number of hydrogen-bond acceptors (Lipinski definition) is 1. The molecular weight excluding hydrogens is 761 g/mol. The van der Waals surface area contributed by atoms with Crippen LogP contribution in [0.25, 0.3) is 11.1 Å². The van der Waals surface area contributed by atoms with Gasteiger partial charge in [0.25, 0.3) is 0 Å². The van der Waals surface area contributed by atoms with Crippen molar-refractivity contribution in [3.8, 4) is 0 Å². The second-order valence-electron chi connectivity index (χ2n) is 22.1. The van der Waals surface area contributed by atoms with Gasteiger partial charge in [0.05, 0.1) is 13.2 Å². The molecule has 0 aromatic heterocycles. The van der Waals surface area contributed by atoms with Gasteiger partial charge in [0, 0.05) is 0 Å². The summed E-state index contributed by atoms with van der Waals surface area (Å²) in [7, 11) is 0. The molecule has 2 aromatic carbocycles. The van der Waals surface area contributed by atoms with E-state index in [0.717, 1.165) is 35.5 Å². The number of aryl methyl sites for hydroxylation is 2. The average Bonchev–Trinajstić information content (AvgIpc) is 3.32. The summed E-state index contributed by atoms with van der Waals surface area (Å²) in [6.45, 7) is 10.8. The summed E-state index contributed by atoms with van der Waals surface area (Å²) in [5, 5.41) is 0. The first-order valence-corrected chi connectivity index (χ1v) is 28.2. The Hall–Kier alpha value is -2.12. The van der Waals surface area contributed by atoms with Crippen LogP contribution in [0.5, 0.6) is 0 Å². The summed E-state index contributed by atoms with van der Waals surface area (Å²) in [4.78, 5) is 0. The third kappa shape index (κ3) is 17.2. The number of hydrogen-bond donors (Lipinski definition) is 0. The summed E-state index contributed by atoms with van der Waals surface area (Å²) >= 11 is 0.